The highest BCUT2D eigenvalue weighted by atomic mass is 32.2. The highest BCUT2D eigenvalue weighted by molar-refractivity contribution is 7.92. The molecule has 0 fully saturated rings. The Labute approximate surface area is 245 Å². The van der Waals surface area contributed by atoms with Gasteiger partial charge in [0, 0.05) is 17.8 Å². The molecule has 3 N–H and O–H groups in total. The number of methoxy groups -OCH3 is 2. The molecular formula is C32H33N3O6S. The van der Waals surface area contributed by atoms with E-state index in [0.29, 0.717) is 41.4 Å². The van der Waals surface area contributed by atoms with E-state index in [1.807, 2.05) is 19.1 Å². The Bertz CT molecular complexity index is 1700. The van der Waals surface area contributed by atoms with Crippen LogP contribution in [0.1, 0.15) is 37.4 Å². The summed E-state index contributed by atoms with van der Waals surface area (Å²) in [5.74, 6) is 0.316. The number of sulfonamides is 1. The summed E-state index contributed by atoms with van der Waals surface area (Å²) in [6, 6.07) is 23.6. The fourth-order valence-electron chi connectivity index (χ4n) is 4.30. The zero-order valence-corrected chi connectivity index (χ0v) is 24.7. The number of aryl methyl sites for hydroxylation is 2. The van der Waals surface area contributed by atoms with E-state index in [1.54, 1.807) is 87.9 Å². The SMILES string of the molecule is COc1ccc(CCNC(=O)c2ccccc2NC(=O)c2ccc(C)c(S(=O)(=O)Nc3ccc(C)cc3)c2)cc1OC. The van der Waals surface area contributed by atoms with Crippen LogP contribution in [0.4, 0.5) is 11.4 Å². The zero-order valence-electron chi connectivity index (χ0n) is 23.9. The smallest absolute Gasteiger partial charge is 0.262 e. The van der Waals surface area contributed by atoms with Crippen LogP contribution in [-0.4, -0.2) is 41.0 Å². The number of ether oxygens (including phenoxy) is 2. The number of amides is 2. The van der Waals surface area contributed by atoms with Crippen LogP contribution in [0, 0.1) is 13.8 Å². The van der Waals surface area contributed by atoms with Crippen molar-refractivity contribution >= 4 is 33.2 Å². The molecule has 0 atom stereocenters. The maximum absolute atomic E-state index is 13.2. The van der Waals surface area contributed by atoms with Crippen LogP contribution in [-0.2, 0) is 16.4 Å². The van der Waals surface area contributed by atoms with Crippen molar-refractivity contribution in [1.82, 2.24) is 5.32 Å². The number of carbonyl (C=O) groups excluding carboxylic acids is 2. The lowest BCUT2D eigenvalue weighted by atomic mass is 10.1. The first kappa shape index (κ1) is 30.1. The molecule has 0 aliphatic rings. The molecule has 4 aromatic rings. The summed E-state index contributed by atoms with van der Waals surface area (Å²) in [5, 5.41) is 5.63. The fraction of sp³-hybridized carbons (Fsp3) is 0.188. The van der Waals surface area contributed by atoms with E-state index in [0.717, 1.165) is 11.1 Å². The Hall–Kier alpha value is -4.83. The molecule has 0 saturated carbocycles. The van der Waals surface area contributed by atoms with Crippen LogP contribution in [0.2, 0.25) is 0 Å². The van der Waals surface area contributed by atoms with Crippen molar-refractivity contribution in [2.24, 2.45) is 0 Å². The first-order valence-electron chi connectivity index (χ1n) is 13.2. The van der Waals surface area contributed by atoms with Gasteiger partial charge in [0.05, 0.1) is 30.4 Å². The van der Waals surface area contributed by atoms with Gasteiger partial charge >= 0.3 is 0 Å². The Morgan fingerprint density at radius 3 is 2.21 bits per heavy atom. The van der Waals surface area contributed by atoms with Gasteiger partial charge in [-0.3, -0.25) is 14.3 Å². The minimum Gasteiger partial charge on any atom is -0.493 e. The highest BCUT2D eigenvalue weighted by Gasteiger charge is 2.21. The zero-order chi connectivity index (χ0) is 30.3. The van der Waals surface area contributed by atoms with Crippen LogP contribution in [0.5, 0.6) is 11.5 Å². The number of nitrogens with one attached hydrogen (secondary N) is 3. The number of anilines is 2. The van der Waals surface area contributed by atoms with Gasteiger partial charge in [-0.1, -0.05) is 42.0 Å². The van der Waals surface area contributed by atoms with E-state index in [1.165, 1.54) is 6.07 Å². The van der Waals surface area contributed by atoms with E-state index in [2.05, 4.69) is 15.4 Å². The summed E-state index contributed by atoms with van der Waals surface area (Å²) in [6.07, 6.45) is 0.553. The van der Waals surface area contributed by atoms with Crippen molar-refractivity contribution in [3.8, 4) is 11.5 Å². The average molecular weight is 588 g/mol. The van der Waals surface area contributed by atoms with Crippen LogP contribution in [0.25, 0.3) is 0 Å². The van der Waals surface area contributed by atoms with Gasteiger partial charge in [0.15, 0.2) is 11.5 Å². The van der Waals surface area contributed by atoms with Crippen LogP contribution >= 0.6 is 0 Å². The molecule has 0 unspecified atom stereocenters. The molecule has 9 nitrogen and oxygen atoms in total. The molecule has 0 radical (unpaired) electrons. The van der Waals surface area contributed by atoms with E-state index >= 15 is 0 Å². The third kappa shape index (κ3) is 7.27. The molecule has 0 aliphatic heterocycles. The largest absolute Gasteiger partial charge is 0.493 e. The molecule has 0 aliphatic carbocycles. The summed E-state index contributed by atoms with van der Waals surface area (Å²) in [6.45, 7) is 3.92. The van der Waals surface area contributed by atoms with Gasteiger partial charge in [0.2, 0.25) is 0 Å². The number of rotatable bonds is 11. The van der Waals surface area contributed by atoms with Crippen molar-refractivity contribution < 1.29 is 27.5 Å². The summed E-state index contributed by atoms with van der Waals surface area (Å²) in [5.41, 5.74) is 3.57. The van der Waals surface area contributed by atoms with Crippen LogP contribution in [0.3, 0.4) is 0 Å². The molecule has 0 spiro atoms. The predicted molar refractivity (Wildman–Crippen MR) is 163 cm³/mol. The van der Waals surface area contributed by atoms with Gasteiger partial charge in [0.25, 0.3) is 21.8 Å². The molecule has 42 heavy (non-hydrogen) atoms. The van der Waals surface area contributed by atoms with Gasteiger partial charge in [-0.05, 0) is 79.9 Å². The second-order valence-corrected chi connectivity index (χ2v) is 11.3. The van der Waals surface area contributed by atoms with Crippen molar-refractivity contribution in [3.05, 3.63) is 113 Å². The molecule has 4 rings (SSSR count). The molecule has 4 aromatic carbocycles. The lowest BCUT2D eigenvalue weighted by Gasteiger charge is -2.14. The molecular weight excluding hydrogens is 554 g/mol. The fourth-order valence-corrected chi connectivity index (χ4v) is 5.63. The number of benzene rings is 4. The maximum Gasteiger partial charge on any atom is 0.262 e. The lowest BCUT2D eigenvalue weighted by Crippen LogP contribution is -2.27. The van der Waals surface area contributed by atoms with E-state index in [9.17, 15) is 18.0 Å². The molecule has 0 heterocycles. The third-order valence-corrected chi connectivity index (χ3v) is 8.13. The van der Waals surface area contributed by atoms with Crippen molar-refractivity contribution in [2.45, 2.75) is 25.2 Å². The number of carbonyl (C=O) groups is 2. The quantitative estimate of drug-likeness (QED) is 0.218. The minimum atomic E-state index is -3.96. The summed E-state index contributed by atoms with van der Waals surface area (Å²) >= 11 is 0. The van der Waals surface area contributed by atoms with Crippen molar-refractivity contribution in [2.75, 3.05) is 30.8 Å². The molecule has 0 saturated heterocycles. The van der Waals surface area contributed by atoms with Crippen molar-refractivity contribution in [3.63, 3.8) is 0 Å². The second-order valence-electron chi connectivity index (χ2n) is 9.65. The Balaban J connectivity index is 1.45. The second kappa shape index (κ2) is 13.2. The Morgan fingerprint density at radius 1 is 0.786 bits per heavy atom. The van der Waals surface area contributed by atoms with Crippen LogP contribution in [0.15, 0.2) is 89.8 Å². The molecule has 2 amide bonds. The van der Waals surface area contributed by atoms with Crippen LogP contribution < -0.4 is 24.8 Å². The van der Waals surface area contributed by atoms with Gasteiger partial charge in [-0.15, -0.1) is 0 Å². The Kier molecular flexibility index (Phi) is 9.49. The average Bonchev–Trinajstić information content (AvgIpc) is 2.98. The summed E-state index contributed by atoms with van der Waals surface area (Å²) in [7, 11) is -0.828. The number of para-hydroxylation sites is 1. The van der Waals surface area contributed by atoms with Gasteiger partial charge in [-0.2, -0.15) is 0 Å². The molecule has 0 aromatic heterocycles. The molecule has 218 valence electrons. The van der Waals surface area contributed by atoms with E-state index < -0.39 is 15.9 Å². The van der Waals surface area contributed by atoms with E-state index in [4.69, 9.17) is 9.47 Å². The highest BCUT2D eigenvalue weighted by Crippen LogP contribution is 2.28. The third-order valence-electron chi connectivity index (χ3n) is 6.61. The summed E-state index contributed by atoms with van der Waals surface area (Å²) in [4.78, 5) is 26.2. The van der Waals surface area contributed by atoms with Gasteiger partial charge in [0.1, 0.15) is 0 Å². The lowest BCUT2D eigenvalue weighted by molar-refractivity contribution is 0.0955. The van der Waals surface area contributed by atoms with Gasteiger partial charge in [-0.25, -0.2) is 8.42 Å². The topological polar surface area (TPSA) is 123 Å². The first-order valence-corrected chi connectivity index (χ1v) is 14.7. The summed E-state index contributed by atoms with van der Waals surface area (Å²) < 4.78 is 39.5. The monoisotopic (exact) mass is 587 g/mol. The van der Waals surface area contributed by atoms with Gasteiger partial charge < -0.3 is 20.1 Å². The van der Waals surface area contributed by atoms with Crippen molar-refractivity contribution in [1.29, 1.82) is 0 Å². The predicted octanol–water partition coefficient (Wildman–Crippen LogP) is 5.35. The normalized spacial score (nSPS) is 11.0. The molecule has 0 bridgehead atoms. The maximum atomic E-state index is 13.2. The molecule has 10 heteroatoms. The number of hydrogen-bond acceptors (Lipinski definition) is 6. The first-order chi connectivity index (χ1) is 20.1. The standard InChI is InChI=1S/C32H33N3O6S/c1-21-9-14-25(15-10-21)35-42(38,39)30-20-24(13-11-22(30)2)31(36)34-27-8-6-5-7-26(27)32(37)33-18-17-23-12-16-28(40-3)29(19-23)41-4/h5-16,19-20,35H,17-18H2,1-4H3,(H,33,37)(H,34,36). The minimum absolute atomic E-state index is 0.0167. The Morgan fingerprint density at radius 2 is 1.50 bits per heavy atom. The van der Waals surface area contributed by atoms with E-state index in [-0.39, 0.29) is 21.9 Å². The number of hydrogen-bond donors (Lipinski definition) is 3.